The number of nitrogens with one attached hydrogen (secondary N) is 1. The van der Waals surface area contributed by atoms with Crippen LogP contribution in [0.2, 0.25) is 0 Å². The second kappa shape index (κ2) is 8.60. The van der Waals surface area contributed by atoms with Gasteiger partial charge in [0.1, 0.15) is 5.01 Å². The van der Waals surface area contributed by atoms with Crippen molar-refractivity contribution in [3.8, 4) is 21.0 Å². The Bertz CT molecular complexity index is 1050. The molecule has 1 N–H and O–H groups in total. The van der Waals surface area contributed by atoms with E-state index in [0.717, 1.165) is 34.0 Å². The van der Waals surface area contributed by atoms with E-state index < -0.39 is 11.7 Å². The van der Waals surface area contributed by atoms with Crippen LogP contribution >= 0.6 is 11.3 Å². The monoisotopic (exact) mass is 432 g/mol. The number of anilines is 1. The molecule has 2 aromatic carbocycles. The Kier molecular flexibility index (Phi) is 6.31. The number of halogens is 3. The van der Waals surface area contributed by atoms with Crippen LogP contribution < -0.4 is 5.32 Å². The fourth-order valence-electron chi connectivity index (χ4n) is 3.17. The summed E-state index contributed by atoms with van der Waals surface area (Å²) in [5.41, 5.74) is 3.17. The van der Waals surface area contributed by atoms with Crippen LogP contribution in [0.15, 0.2) is 42.5 Å². The predicted octanol–water partition coefficient (Wildman–Crippen LogP) is 7.25. The van der Waals surface area contributed by atoms with Crippen LogP contribution in [0.25, 0.3) is 21.0 Å². The third kappa shape index (κ3) is 4.41. The molecule has 0 saturated heterocycles. The van der Waals surface area contributed by atoms with Crippen LogP contribution in [0.4, 0.5) is 18.9 Å². The van der Waals surface area contributed by atoms with Crippen molar-refractivity contribution >= 4 is 22.8 Å². The normalized spacial score (nSPS) is 11.7. The average molecular weight is 433 g/mol. The second-order valence-corrected chi connectivity index (χ2v) is 8.25. The van der Waals surface area contributed by atoms with Gasteiger partial charge in [-0.2, -0.15) is 13.2 Å². The Morgan fingerprint density at radius 3 is 2.33 bits per heavy atom. The van der Waals surface area contributed by atoms with Gasteiger partial charge in [-0.3, -0.25) is 4.79 Å². The number of alkyl halides is 3. The lowest BCUT2D eigenvalue weighted by molar-refractivity contribution is -0.137. The van der Waals surface area contributed by atoms with Crippen LogP contribution in [0.3, 0.4) is 0 Å². The lowest BCUT2D eigenvalue weighted by Gasteiger charge is -2.12. The minimum Gasteiger partial charge on any atom is -0.388 e. The summed E-state index contributed by atoms with van der Waals surface area (Å²) < 4.78 is 38.7. The molecular weight excluding hydrogens is 409 g/mol. The molecule has 0 bridgehead atoms. The van der Waals surface area contributed by atoms with E-state index in [0.29, 0.717) is 22.6 Å². The molecule has 30 heavy (non-hydrogen) atoms. The Morgan fingerprint density at radius 2 is 1.80 bits per heavy atom. The molecule has 3 aromatic rings. The first-order valence-corrected chi connectivity index (χ1v) is 10.5. The molecule has 1 heterocycles. The molecule has 7 heteroatoms. The largest absolute Gasteiger partial charge is 0.416 e. The first-order valence-electron chi connectivity index (χ1n) is 9.69. The molecule has 0 spiro atoms. The quantitative estimate of drug-likeness (QED) is 0.417. The van der Waals surface area contributed by atoms with E-state index in [4.69, 9.17) is 4.98 Å². The summed E-state index contributed by atoms with van der Waals surface area (Å²) in [4.78, 5) is 17.9. The van der Waals surface area contributed by atoms with E-state index in [1.165, 1.54) is 23.5 Å². The predicted molar refractivity (Wildman–Crippen MR) is 116 cm³/mol. The van der Waals surface area contributed by atoms with Crippen molar-refractivity contribution in [1.29, 1.82) is 0 Å². The number of hydrogen-bond acceptors (Lipinski definition) is 4. The molecule has 0 aliphatic carbocycles. The van der Waals surface area contributed by atoms with Crippen molar-refractivity contribution in [3.05, 3.63) is 59.3 Å². The third-order valence-corrected chi connectivity index (χ3v) is 5.99. The molecule has 0 saturated carbocycles. The van der Waals surface area contributed by atoms with Gasteiger partial charge in [0.05, 0.1) is 16.1 Å². The summed E-state index contributed by atoms with van der Waals surface area (Å²) in [5.74, 6) is 0.159. The van der Waals surface area contributed by atoms with Gasteiger partial charge in [-0.05, 0) is 36.2 Å². The van der Waals surface area contributed by atoms with Crippen LogP contribution in [0.1, 0.15) is 54.7 Å². The van der Waals surface area contributed by atoms with Gasteiger partial charge in [0.25, 0.3) is 0 Å². The third-order valence-electron chi connectivity index (χ3n) is 4.84. The molecule has 0 aliphatic rings. The number of hydrogen-bond donors (Lipinski definition) is 1. The maximum atomic E-state index is 12.9. The average Bonchev–Trinajstić information content (AvgIpc) is 3.18. The minimum atomic E-state index is -4.37. The Hall–Kier alpha value is -2.67. The number of carbonyl (C=O) groups is 1. The van der Waals surface area contributed by atoms with Gasteiger partial charge in [0.2, 0.25) is 0 Å². The lowest BCUT2D eigenvalue weighted by atomic mass is 9.99. The molecule has 0 aliphatic heterocycles. The molecule has 0 amide bonds. The van der Waals surface area contributed by atoms with E-state index in [1.54, 1.807) is 6.07 Å². The van der Waals surface area contributed by atoms with Crippen molar-refractivity contribution in [1.82, 2.24) is 4.98 Å². The molecule has 0 fully saturated rings. The number of rotatable bonds is 6. The van der Waals surface area contributed by atoms with Crippen LogP contribution in [0.5, 0.6) is 0 Å². The highest BCUT2D eigenvalue weighted by molar-refractivity contribution is 7.18. The molecule has 158 valence electrons. The van der Waals surface area contributed by atoms with Gasteiger partial charge >= 0.3 is 6.18 Å². The summed E-state index contributed by atoms with van der Waals surface area (Å²) in [5, 5.41) is 3.81. The van der Waals surface area contributed by atoms with E-state index in [1.807, 2.05) is 40.0 Å². The zero-order valence-electron chi connectivity index (χ0n) is 17.2. The van der Waals surface area contributed by atoms with Crippen LogP contribution in [-0.4, -0.2) is 17.8 Å². The number of Topliss-reactive ketones (excluding diaryl/α,β-unsaturated/α-hetero) is 1. The van der Waals surface area contributed by atoms with Crippen molar-refractivity contribution in [2.75, 3.05) is 12.4 Å². The van der Waals surface area contributed by atoms with Gasteiger partial charge in [0, 0.05) is 35.8 Å². The Balaban J connectivity index is 2.13. The van der Waals surface area contributed by atoms with Crippen molar-refractivity contribution in [2.24, 2.45) is 0 Å². The van der Waals surface area contributed by atoms with E-state index >= 15 is 0 Å². The second-order valence-electron chi connectivity index (χ2n) is 7.25. The molecule has 3 nitrogen and oxygen atoms in total. The lowest BCUT2D eigenvalue weighted by Crippen LogP contribution is -2.03. The maximum absolute atomic E-state index is 12.9. The summed E-state index contributed by atoms with van der Waals surface area (Å²) in [6.07, 6.45) is -3.96. The van der Waals surface area contributed by atoms with Crippen molar-refractivity contribution < 1.29 is 18.0 Å². The van der Waals surface area contributed by atoms with Crippen LogP contribution in [0, 0.1) is 0 Å². The summed E-state index contributed by atoms with van der Waals surface area (Å²) in [6, 6.07) is 10.6. The van der Waals surface area contributed by atoms with Gasteiger partial charge in [-0.25, -0.2) is 4.98 Å². The highest BCUT2D eigenvalue weighted by Gasteiger charge is 2.30. The Labute approximate surface area is 178 Å². The van der Waals surface area contributed by atoms with Crippen LogP contribution in [-0.2, 0) is 6.18 Å². The zero-order chi connectivity index (χ0) is 22.1. The summed E-state index contributed by atoms with van der Waals surface area (Å²) in [6.45, 7) is 5.87. The first-order chi connectivity index (χ1) is 14.2. The van der Waals surface area contributed by atoms with E-state index in [9.17, 15) is 18.0 Å². The first kappa shape index (κ1) is 22.0. The number of carbonyl (C=O) groups excluding carboxylic acids is 1. The zero-order valence-corrected chi connectivity index (χ0v) is 18.0. The topological polar surface area (TPSA) is 42.0 Å². The molecule has 1 aromatic heterocycles. The van der Waals surface area contributed by atoms with Gasteiger partial charge in [0.15, 0.2) is 5.78 Å². The standard InChI is InChI=1S/C23H23F3N2OS/c1-5-19(29)15-8-11-18(27-4)17(12-15)21-20(13(2)3)28-22(30-21)14-6-9-16(10-7-14)23(24,25)26/h6-13,27H,5H2,1-4H3. The highest BCUT2D eigenvalue weighted by atomic mass is 32.1. The molecular formula is C23H23F3N2OS. The maximum Gasteiger partial charge on any atom is 0.416 e. The van der Waals surface area contributed by atoms with Crippen molar-refractivity contribution in [3.63, 3.8) is 0 Å². The molecule has 0 atom stereocenters. The minimum absolute atomic E-state index is 0.0532. The summed E-state index contributed by atoms with van der Waals surface area (Å²) >= 11 is 1.42. The number of thiazole rings is 1. The smallest absolute Gasteiger partial charge is 0.388 e. The number of aromatic nitrogens is 1. The number of nitrogens with zero attached hydrogens (tertiary/aromatic N) is 1. The SMILES string of the molecule is CCC(=O)c1ccc(NC)c(-c2sc(-c3ccc(C(F)(F)F)cc3)nc2C(C)C)c1. The van der Waals surface area contributed by atoms with E-state index in [-0.39, 0.29) is 11.7 Å². The fraction of sp³-hybridized carbons (Fsp3) is 0.304. The number of benzene rings is 2. The van der Waals surface area contributed by atoms with Gasteiger partial charge in [-0.15, -0.1) is 11.3 Å². The van der Waals surface area contributed by atoms with E-state index in [2.05, 4.69) is 5.32 Å². The van der Waals surface area contributed by atoms with Gasteiger partial charge in [-0.1, -0.05) is 32.9 Å². The molecule has 0 radical (unpaired) electrons. The molecule has 0 unspecified atom stereocenters. The van der Waals surface area contributed by atoms with Gasteiger partial charge < -0.3 is 5.32 Å². The Morgan fingerprint density at radius 1 is 1.13 bits per heavy atom. The fourth-order valence-corrected chi connectivity index (χ4v) is 4.43. The molecule has 3 rings (SSSR count). The highest BCUT2D eigenvalue weighted by Crippen LogP contribution is 2.42. The summed E-state index contributed by atoms with van der Waals surface area (Å²) in [7, 11) is 1.81. The van der Waals surface area contributed by atoms with Crippen molar-refractivity contribution in [2.45, 2.75) is 39.3 Å². The number of ketones is 1.